The Kier molecular flexibility index (Phi) is 22.7. The van der Waals surface area contributed by atoms with Crippen molar-refractivity contribution in [3.8, 4) is 68.3 Å². The number of hydrogen-bond acceptors (Lipinski definition) is 18. The van der Waals surface area contributed by atoms with E-state index in [2.05, 4.69) is 77.8 Å². The Balaban J connectivity index is 0.000000149. The van der Waals surface area contributed by atoms with Crippen molar-refractivity contribution in [2.24, 2.45) is 0 Å². The summed E-state index contributed by atoms with van der Waals surface area (Å²) in [6.07, 6.45) is 8.94. The molecule has 0 amide bonds. The van der Waals surface area contributed by atoms with Gasteiger partial charge in [0.25, 0.3) is 16.7 Å². The summed E-state index contributed by atoms with van der Waals surface area (Å²) >= 11 is 0. The third-order valence-corrected chi connectivity index (χ3v) is 18.7. The van der Waals surface area contributed by atoms with E-state index in [0.717, 1.165) is 73.6 Å². The summed E-state index contributed by atoms with van der Waals surface area (Å²) in [5, 5.41) is 32.6. The largest absolute Gasteiger partial charge is 0.489 e. The quantitative estimate of drug-likeness (QED) is 0.0714. The number of ether oxygens (including phenoxy) is 1. The second kappa shape index (κ2) is 33.5. The van der Waals surface area contributed by atoms with Gasteiger partial charge in [-0.15, -0.1) is 0 Å². The number of rotatable bonds is 17. The molecule has 3 atom stereocenters. The van der Waals surface area contributed by atoms with Crippen molar-refractivity contribution in [3.05, 3.63) is 337 Å². The molecule has 0 saturated heterocycles. The zero-order valence-electron chi connectivity index (χ0n) is 63.3. The van der Waals surface area contributed by atoms with Crippen LogP contribution in [0.2, 0.25) is 0 Å². The highest BCUT2D eigenvalue weighted by atomic mass is 19.4. The summed E-state index contributed by atoms with van der Waals surface area (Å²) in [6.45, 7) is 24.4. The van der Waals surface area contributed by atoms with Crippen LogP contribution in [0.1, 0.15) is 110 Å². The Labute approximate surface area is 653 Å². The molecule has 0 aliphatic carbocycles. The lowest BCUT2D eigenvalue weighted by Crippen LogP contribution is -2.26. The number of nitrogens with zero attached hydrogens (tertiary/aromatic N) is 15. The number of para-hydroxylation sites is 3. The number of aromatic nitrogens is 12. The topological polar surface area (TPSA) is 279 Å². The van der Waals surface area contributed by atoms with Gasteiger partial charge in [0.05, 0.1) is 71.1 Å². The molecule has 9 heterocycles. The van der Waals surface area contributed by atoms with Crippen LogP contribution in [0.5, 0.6) is 5.75 Å². The molecule has 0 saturated carbocycles. The van der Waals surface area contributed by atoms with E-state index in [-0.39, 0.29) is 45.8 Å². The van der Waals surface area contributed by atoms with Crippen LogP contribution in [0.4, 0.5) is 36.3 Å². The maximum absolute atomic E-state index is 14.3. The maximum Gasteiger partial charge on any atom is 0.417 e. The number of benzene rings is 6. The van der Waals surface area contributed by atoms with Crippen LogP contribution in [0, 0.1) is 56.9 Å². The van der Waals surface area contributed by atoms with Gasteiger partial charge in [-0.3, -0.25) is 48.0 Å². The van der Waals surface area contributed by atoms with E-state index in [1.807, 2.05) is 175 Å². The van der Waals surface area contributed by atoms with Crippen molar-refractivity contribution in [1.29, 1.82) is 10.5 Å². The third-order valence-electron chi connectivity index (χ3n) is 18.7. The van der Waals surface area contributed by atoms with Crippen molar-refractivity contribution in [2.45, 2.75) is 92.7 Å². The van der Waals surface area contributed by atoms with Crippen LogP contribution < -0.4 is 37.4 Å². The first-order valence-corrected chi connectivity index (χ1v) is 36.3. The first kappa shape index (κ1) is 77.3. The average molecular weight is 1520 g/mol. The number of alkyl halides is 3. The minimum Gasteiger partial charge on any atom is -0.489 e. The number of pyridine rings is 6. The van der Waals surface area contributed by atoms with Gasteiger partial charge in [0.1, 0.15) is 63.9 Å². The normalized spacial score (nSPS) is 11.9. The second-order valence-electron chi connectivity index (χ2n) is 27.2. The molecule has 0 unspecified atom stereocenters. The van der Waals surface area contributed by atoms with E-state index in [1.54, 1.807) is 97.2 Å². The van der Waals surface area contributed by atoms with Crippen molar-refractivity contribution in [3.63, 3.8) is 0 Å². The Morgan fingerprint density at radius 1 is 0.439 bits per heavy atom. The van der Waals surface area contributed by atoms with E-state index in [1.165, 1.54) is 29.4 Å². The Hall–Kier alpha value is -14.9. The molecule has 3 N–H and O–H groups in total. The van der Waals surface area contributed by atoms with E-state index in [0.29, 0.717) is 85.0 Å². The van der Waals surface area contributed by atoms with Crippen molar-refractivity contribution >= 4 is 55.5 Å². The number of fused-ring (bicyclic) bond motifs is 3. The van der Waals surface area contributed by atoms with Crippen molar-refractivity contribution in [1.82, 2.24) is 58.6 Å². The molecule has 15 aromatic rings. The minimum absolute atomic E-state index is 0.00152. The molecule has 0 aliphatic heterocycles. The lowest BCUT2D eigenvalue weighted by Gasteiger charge is -2.22. The van der Waals surface area contributed by atoms with Crippen LogP contribution in [-0.4, -0.2) is 64.7 Å². The monoisotopic (exact) mass is 1510 g/mol. The molecule has 0 fully saturated rings. The Morgan fingerprint density at radius 2 is 0.807 bits per heavy atom. The molecule has 564 valence electrons. The summed E-state index contributed by atoms with van der Waals surface area (Å²) in [7, 11) is 0. The molecule has 0 bridgehead atoms. The molecular weight excluding hydrogens is 1440 g/mol. The predicted octanol–water partition coefficient (Wildman–Crippen LogP) is 18.4. The van der Waals surface area contributed by atoms with Crippen LogP contribution in [0.25, 0.3) is 87.6 Å². The van der Waals surface area contributed by atoms with Gasteiger partial charge < -0.3 is 20.7 Å². The van der Waals surface area contributed by atoms with Crippen molar-refractivity contribution < 1.29 is 17.9 Å². The van der Waals surface area contributed by atoms with Gasteiger partial charge >= 0.3 is 6.18 Å². The van der Waals surface area contributed by atoms with Crippen LogP contribution >= 0.6 is 0 Å². The molecule has 15 rings (SSSR count). The second-order valence-corrected chi connectivity index (χ2v) is 27.2. The molecule has 0 aliphatic rings. The molecule has 25 heteroatoms. The third kappa shape index (κ3) is 16.6. The number of nitrogens with one attached hydrogen (secondary N) is 3. The number of hydrogen-bond donors (Lipinski definition) is 3. The SMILES string of the molecule is Cc1ncc(C#N)c(N[C@@H](C)c2cc3cccc(-c4cncc(C(F)(F)F)c4)c3c(=O)n2-c2ccccc2)n1.Cc1ncc(C#N)c(N[C@@H](C)c2cc3cccc(-c4cncc(OC(C)C)c4)c3c(=O)n2-c2ccccc2)n1.[C-]#[N+]c1cnc(C)nc1N[C@@H](C)c1cc2cccc(-c3cncc(C)c3)c2c(=O)n1-c1ccccc1. The minimum atomic E-state index is -4.58. The van der Waals surface area contributed by atoms with Crippen LogP contribution in [0.3, 0.4) is 0 Å². The summed E-state index contributed by atoms with van der Waals surface area (Å²) in [6, 6.07) is 58.5. The fourth-order valence-corrected chi connectivity index (χ4v) is 13.5. The van der Waals surface area contributed by atoms with Gasteiger partial charge in [0.15, 0.2) is 0 Å². The van der Waals surface area contributed by atoms with Gasteiger partial charge in [0, 0.05) is 88.0 Å². The Morgan fingerprint density at radius 3 is 1.19 bits per heavy atom. The zero-order chi connectivity index (χ0) is 80.5. The molecular formula is C89H73F3N18O4. The first-order valence-electron chi connectivity index (χ1n) is 36.3. The summed E-state index contributed by atoms with van der Waals surface area (Å²) < 4.78 is 51.1. The molecule has 9 aromatic heterocycles. The van der Waals surface area contributed by atoms with Gasteiger partial charge in [-0.1, -0.05) is 109 Å². The predicted molar refractivity (Wildman–Crippen MR) is 436 cm³/mol. The summed E-state index contributed by atoms with van der Waals surface area (Å²) in [4.78, 5) is 84.3. The van der Waals surface area contributed by atoms with E-state index in [9.17, 15) is 38.1 Å². The molecule has 22 nitrogen and oxygen atoms in total. The number of nitriles is 2. The highest BCUT2D eigenvalue weighted by Crippen LogP contribution is 2.38. The summed E-state index contributed by atoms with van der Waals surface area (Å²) in [5.74, 6) is 3.42. The fourth-order valence-electron chi connectivity index (χ4n) is 13.5. The van der Waals surface area contributed by atoms with Gasteiger partial charge in [-0.05, 0) is 174 Å². The van der Waals surface area contributed by atoms with Crippen molar-refractivity contribution in [2.75, 3.05) is 16.0 Å². The van der Waals surface area contributed by atoms with Gasteiger partial charge in [0.2, 0.25) is 5.69 Å². The lowest BCUT2D eigenvalue weighted by molar-refractivity contribution is -0.137. The van der Waals surface area contributed by atoms with E-state index >= 15 is 0 Å². The average Bonchev–Trinajstić information content (AvgIpc) is 0.980. The van der Waals surface area contributed by atoms with Gasteiger partial charge in [-0.2, -0.15) is 23.7 Å². The lowest BCUT2D eigenvalue weighted by atomic mass is 9.98. The zero-order valence-corrected chi connectivity index (χ0v) is 63.3. The molecule has 0 radical (unpaired) electrons. The number of halogens is 3. The van der Waals surface area contributed by atoms with E-state index < -0.39 is 23.3 Å². The number of anilines is 3. The standard InChI is InChI=1S/C31H28N6O2.C29H21F3N6O.C29H24N6O/c1-19(2)39-26-13-23(16-33-18-26)27-12-8-9-22-14-28(20(3)35-30-24(15-32)17-34-21(4)36-30)37(31(38)29(22)27)25-10-6-5-7-11-25;1-17(36-27-21(13-33)15-35-18(2)37-27)25-12-19-7-6-10-24(20-11-22(16-34-14-20)29(30,31)32)26(19)28(39)38(25)23-8-4-3-5-9-23;1-18-13-22(16-31-15-18)24-12-8-9-21-14-26(19(2)33-28-25(30-4)17-32-20(3)34-28)35(29(36)27(21)24)23-10-6-5-7-11-23/h5-14,16-20H,1-4H3,(H,34,35,36);3-12,14-17H,1-2H3,(H,35,36,37);5-17,19H,1-3H3,(H,32,33,34)/t20-;17-;19-/m000/s1. The van der Waals surface area contributed by atoms with Crippen LogP contribution in [0.15, 0.2) is 252 Å². The highest BCUT2D eigenvalue weighted by molar-refractivity contribution is 5.99. The molecule has 6 aromatic carbocycles. The molecule has 114 heavy (non-hydrogen) atoms. The first-order chi connectivity index (χ1) is 55.0. The molecule has 0 spiro atoms. The summed E-state index contributed by atoms with van der Waals surface area (Å²) in [5.41, 5.74) is 8.29. The highest BCUT2D eigenvalue weighted by Gasteiger charge is 2.32. The number of aryl methyl sites for hydroxylation is 4. The fraction of sp³-hybridized carbons (Fsp3) is 0.157. The maximum atomic E-state index is 14.3. The smallest absolute Gasteiger partial charge is 0.417 e. The van der Waals surface area contributed by atoms with Gasteiger partial charge in [-0.25, -0.2) is 29.8 Å². The van der Waals surface area contributed by atoms with E-state index in [4.69, 9.17) is 11.3 Å². The van der Waals surface area contributed by atoms with Crippen LogP contribution in [-0.2, 0) is 6.18 Å². The Bertz CT molecular complexity index is 6480.